The number of rotatable bonds is 14. The van der Waals surface area contributed by atoms with Crippen molar-refractivity contribution in [2.75, 3.05) is 11.1 Å². The molecule has 0 spiro atoms. The number of imidazole rings is 1. The molecule has 5 aromatic carbocycles. The Balaban J connectivity index is 0.977. The van der Waals surface area contributed by atoms with E-state index in [4.69, 9.17) is 15.2 Å². The molecule has 6 aromatic rings. The fourth-order valence-electron chi connectivity index (χ4n) is 6.86. The van der Waals surface area contributed by atoms with Crippen molar-refractivity contribution in [1.29, 1.82) is 0 Å². The zero-order valence-corrected chi connectivity index (χ0v) is 30.1. The first-order valence-electron chi connectivity index (χ1n) is 18.4. The van der Waals surface area contributed by atoms with Crippen LogP contribution in [0.25, 0.3) is 22.2 Å². The second kappa shape index (κ2) is 17.3. The van der Waals surface area contributed by atoms with E-state index >= 15 is 0 Å². The summed E-state index contributed by atoms with van der Waals surface area (Å²) in [5.74, 6) is -0.176. The number of anilines is 2. The minimum Gasteiger partial charge on any atom is -0.397 e. The van der Waals surface area contributed by atoms with Crippen molar-refractivity contribution in [3.8, 4) is 11.1 Å². The van der Waals surface area contributed by atoms with Crippen molar-refractivity contribution in [2.24, 2.45) is 0 Å². The Bertz CT molecular complexity index is 2180. The van der Waals surface area contributed by atoms with Crippen LogP contribution in [0.1, 0.15) is 66.8 Å². The second-order valence-electron chi connectivity index (χ2n) is 13.6. The molecule has 7 rings (SSSR count). The van der Waals surface area contributed by atoms with Gasteiger partial charge in [0.2, 0.25) is 11.8 Å². The number of carbonyl (C=O) groups is 2. The summed E-state index contributed by atoms with van der Waals surface area (Å²) in [5, 5.41) is 15.5. The molecule has 1 saturated heterocycles. The highest BCUT2D eigenvalue weighted by molar-refractivity contribution is 5.93. The van der Waals surface area contributed by atoms with Crippen LogP contribution < -0.4 is 16.4 Å². The number of nitrogens with one attached hydrogen (secondary N) is 2. The Morgan fingerprint density at radius 1 is 0.796 bits per heavy atom. The molecule has 0 bridgehead atoms. The first-order valence-corrected chi connectivity index (χ1v) is 18.4. The van der Waals surface area contributed by atoms with Crippen molar-refractivity contribution in [1.82, 2.24) is 14.9 Å². The maximum Gasteiger partial charge on any atom is 0.224 e. The van der Waals surface area contributed by atoms with Gasteiger partial charge in [-0.1, -0.05) is 97.1 Å². The van der Waals surface area contributed by atoms with Gasteiger partial charge in [0, 0.05) is 31.4 Å². The topological polar surface area (TPSA) is 141 Å². The van der Waals surface area contributed by atoms with E-state index in [0.29, 0.717) is 56.6 Å². The molecule has 1 aliphatic heterocycles. The number of hydrogen-bond acceptors (Lipinski definition) is 7. The van der Waals surface area contributed by atoms with Crippen molar-refractivity contribution in [3.05, 3.63) is 150 Å². The third-order valence-corrected chi connectivity index (χ3v) is 9.82. The molecule has 54 heavy (non-hydrogen) atoms. The van der Waals surface area contributed by atoms with Gasteiger partial charge in [-0.15, -0.1) is 0 Å². The third kappa shape index (κ3) is 9.03. The van der Waals surface area contributed by atoms with E-state index in [1.54, 1.807) is 12.1 Å². The average Bonchev–Trinajstić information content (AvgIpc) is 3.62. The first kappa shape index (κ1) is 36.5. The zero-order valence-electron chi connectivity index (χ0n) is 30.1. The average molecular weight is 724 g/mol. The Morgan fingerprint density at radius 3 is 2.30 bits per heavy atom. The summed E-state index contributed by atoms with van der Waals surface area (Å²) in [6, 6.07) is 39.4. The number of aliphatic hydroxyl groups excluding tert-OH is 1. The van der Waals surface area contributed by atoms with Gasteiger partial charge in [0.05, 0.1) is 54.1 Å². The minimum atomic E-state index is -0.591. The van der Waals surface area contributed by atoms with Gasteiger partial charge in [0.15, 0.2) is 6.29 Å². The van der Waals surface area contributed by atoms with E-state index in [0.717, 1.165) is 44.4 Å². The van der Waals surface area contributed by atoms with Crippen molar-refractivity contribution >= 4 is 34.2 Å². The number of para-hydroxylation sites is 4. The molecule has 2 heterocycles. The van der Waals surface area contributed by atoms with E-state index in [2.05, 4.69) is 44.5 Å². The molecule has 3 atom stereocenters. The lowest BCUT2D eigenvalue weighted by molar-refractivity contribution is -0.252. The van der Waals surface area contributed by atoms with E-state index in [1.807, 2.05) is 91.3 Å². The first-order chi connectivity index (χ1) is 26.4. The van der Waals surface area contributed by atoms with E-state index < -0.39 is 6.29 Å². The number of nitrogens with zero attached hydrogens (tertiary/aromatic N) is 2. The highest BCUT2D eigenvalue weighted by atomic mass is 16.7. The van der Waals surface area contributed by atoms with Gasteiger partial charge in [-0.2, -0.15) is 0 Å². The predicted molar refractivity (Wildman–Crippen MR) is 210 cm³/mol. The molecule has 276 valence electrons. The standard InChI is InChI=1S/C44H45N5O5/c45-37-11-3-4-12-38(37)48-43(52)16-8-7-15-42(51)46-26-34-9-1-2-10-36(34)31-21-23-33(24-22-31)44-53-35(27-49-29-47-39-13-5-6-14-40(39)49)25-41(54-44)32-19-17-30(28-50)18-20-32/h1-6,9-14,17-24,29,35,41,44,50H,7-8,15-16,25-28,45H2,(H,46,51)(H,48,52)/t35-,41+,44+/m0/s1. The van der Waals surface area contributed by atoms with Gasteiger partial charge in [-0.3, -0.25) is 9.59 Å². The number of aromatic nitrogens is 2. The SMILES string of the molecule is Nc1ccccc1NC(=O)CCCCC(=O)NCc1ccccc1-c1ccc([C@@H]2O[C@H](Cn3cnc4ccccc43)C[C@H](c3ccc(CO)cc3)O2)cc1. The molecule has 10 nitrogen and oxygen atoms in total. The lowest BCUT2D eigenvalue weighted by Gasteiger charge is -2.36. The Morgan fingerprint density at radius 2 is 1.50 bits per heavy atom. The Hall–Kier alpha value is -5.81. The van der Waals surface area contributed by atoms with Crippen LogP contribution in [-0.4, -0.2) is 32.6 Å². The number of nitrogens with two attached hydrogens (primary N) is 1. The predicted octanol–water partition coefficient (Wildman–Crippen LogP) is 7.84. The molecule has 1 aliphatic rings. The highest BCUT2D eigenvalue weighted by Gasteiger charge is 2.32. The molecular weight excluding hydrogens is 679 g/mol. The van der Waals surface area contributed by atoms with Gasteiger partial charge in [0.1, 0.15) is 0 Å². The Kier molecular flexibility index (Phi) is 11.7. The molecule has 5 N–H and O–H groups in total. The molecule has 2 amide bonds. The van der Waals surface area contributed by atoms with E-state index in [1.165, 1.54) is 0 Å². The van der Waals surface area contributed by atoms with Crippen LogP contribution in [-0.2, 0) is 38.8 Å². The van der Waals surface area contributed by atoms with E-state index in [-0.39, 0.29) is 30.6 Å². The van der Waals surface area contributed by atoms with Gasteiger partial charge >= 0.3 is 0 Å². The summed E-state index contributed by atoms with van der Waals surface area (Å²) < 4.78 is 15.4. The number of carbonyl (C=O) groups excluding carboxylic acids is 2. The normalized spacial score (nSPS) is 16.9. The minimum absolute atomic E-state index is 0.0102. The van der Waals surface area contributed by atoms with E-state index in [9.17, 15) is 14.7 Å². The van der Waals surface area contributed by atoms with Gasteiger partial charge in [-0.05, 0) is 64.9 Å². The third-order valence-electron chi connectivity index (χ3n) is 9.82. The lowest BCUT2D eigenvalue weighted by atomic mass is 9.97. The number of fused-ring (bicyclic) bond motifs is 1. The number of nitrogen functional groups attached to an aromatic ring is 1. The highest BCUT2D eigenvalue weighted by Crippen LogP contribution is 2.39. The number of unbranched alkanes of at least 4 members (excludes halogenated alkanes) is 1. The summed E-state index contributed by atoms with van der Waals surface area (Å²) >= 11 is 0. The van der Waals surface area contributed by atoms with Crippen LogP contribution in [0.4, 0.5) is 11.4 Å². The molecule has 0 aliphatic carbocycles. The maximum absolute atomic E-state index is 12.7. The number of amides is 2. The number of aliphatic hydroxyl groups is 1. The van der Waals surface area contributed by atoms with Gasteiger partial charge < -0.3 is 35.5 Å². The number of hydrogen-bond donors (Lipinski definition) is 4. The molecule has 0 radical (unpaired) electrons. The van der Waals surface area contributed by atoms with Crippen LogP contribution in [0.15, 0.2) is 128 Å². The van der Waals surface area contributed by atoms with Crippen molar-refractivity contribution in [2.45, 2.75) is 70.3 Å². The molecule has 0 saturated carbocycles. The van der Waals surface area contributed by atoms with Crippen LogP contribution in [0.5, 0.6) is 0 Å². The van der Waals surface area contributed by atoms with Crippen molar-refractivity contribution in [3.63, 3.8) is 0 Å². The fourth-order valence-corrected chi connectivity index (χ4v) is 6.86. The Labute approximate surface area is 315 Å². The van der Waals surface area contributed by atoms with Gasteiger partial charge in [0.25, 0.3) is 0 Å². The largest absolute Gasteiger partial charge is 0.397 e. The molecule has 0 unspecified atom stereocenters. The maximum atomic E-state index is 12.7. The summed E-state index contributed by atoms with van der Waals surface area (Å²) in [7, 11) is 0. The summed E-state index contributed by atoms with van der Waals surface area (Å²) in [4.78, 5) is 29.6. The van der Waals surface area contributed by atoms with Crippen LogP contribution in [0, 0.1) is 0 Å². The van der Waals surface area contributed by atoms with Crippen molar-refractivity contribution < 1.29 is 24.2 Å². The quantitative estimate of drug-likeness (QED) is 0.0663. The molecular formula is C44H45N5O5. The summed E-state index contributed by atoms with van der Waals surface area (Å²) in [5.41, 5.74) is 14.9. The number of ether oxygens (including phenoxy) is 2. The molecule has 10 heteroatoms. The van der Waals surface area contributed by atoms with Crippen LogP contribution in [0.2, 0.25) is 0 Å². The van der Waals surface area contributed by atoms with Crippen LogP contribution >= 0.6 is 0 Å². The lowest BCUT2D eigenvalue weighted by Crippen LogP contribution is -2.32. The zero-order chi connectivity index (χ0) is 37.3. The van der Waals surface area contributed by atoms with Crippen LogP contribution in [0.3, 0.4) is 0 Å². The monoisotopic (exact) mass is 723 g/mol. The number of benzene rings is 5. The summed E-state index contributed by atoms with van der Waals surface area (Å²) in [6.45, 7) is 1.01. The molecule has 1 fully saturated rings. The second-order valence-corrected chi connectivity index (χ2v) is 13.6. The fraction of sp³-hybridized carbons (Fsp3) is 0.250. The summed E-state index contributed by atoms with van der Waals surface area (Å²) in [6.07, 6.45) is 3.45. The molecule has 1 aromatic heterocycles. The smallest absolute Gasteiger partial charge is 0.224 e. The van der Waals surface area contributed by atoms with Gasteiger partial charge in [-0.25, -0.2) is 4.98 Å².